The Bertz CT molecular complexity index is 522. The predicted octanol–water partition coefficient (Wildman–Crippen LogP) is 1.91. The van der Waals surface area contributed by atoms with Crippen molar-refractivity contribution in [3.05, 3.63) is 24.3 Å². The molecule has 2 rings (SSSR count). The average Bonchev–Trinajstić information content (AvgIpc) is 2.47. The third-order valence-electron chi connectivity index (χ3n) is 2.56. The Morgan fingerprint density at radius 3 is 2.80 bits per heavy atom. The van der Waals surface area contributed by atoms with Gasteiger partial charge in [0.15, 0.2) is 0 Å². The number of amides is 2. The zero-order valence-electron chi connectivity index (χ0n) is 11.7. The molecule has 20 heavy (non-hydrogen) atoms. The van der Waals surface area contributed by atoms with Crippen molar-refractivity contribution in [2.24, 2.45) is 0 Å². The van der Waals surface area contributed by atoms with Crippen LogP contribution in [0.3, 0.4) is 0 Å². The van der Waals surface area contributed by atoms with E-state index in [9.17, 15) is 9.59 Å². The average molecular weight is 278 g/mol. The standard InChI is InChI=1S/C14H18N2O4/c1-14(2,3)20-13(18)16-10-8-19-11-7-5-4-6-9(11)15-12(10)17/h4-7,10H,8H2,1-3H3,(H,15,17)(H,16,18)/t10-/m1/s1. The Morgan fingerprint density at radius 2 is 2.10 bits per heavy atom. The molecule has 1 aliphatic rings. The molecule has 6 heteroatoms. The molecule has 6 nitrogen and oxygen atoms in total. The van der Waals surface area contributed by atoms with Gasteiger partial charge < -0.3 is 20.1 Å². The zero-order chi connectivity index (χ0) is 14.8. The van der Waals surface area contributed by atoms with Crippen molar-refractivity contribution in [3.8, 4) is 5.75 Å². The highest BCUT2D eigenvalue weighted by molar-refractivity contribution is 5.98. The minimum Gasteiger partial charge on any atom is -0.489 e. The van der Waals surface area contributed by atoms with Crippen LogP contribution in [-0.4, -0.2) is 30.3 Å². The lowest BCUT2D eigenvalue weighted by atomic mass is 10.2. The van der Waals surface area contributed by atoms with Gasteiger partial charge >= 0.3 is 6.09 Å². The molecular formula is C14H18N2O4. The first-order valence-electron chi connectivity index (χ1n) is 6.37. The number of ether oxygens (including phenoxy) is 2. The molecule has 0 aromatic heterocycles. The maximum absolute atomic E-state index is 12.0. The van der Waals surface area contributed by atoms with Gasteiger partial charge in [0.2, 0.25) is 0 Å². The molecule has 0 spiro atoms. The number of fused-ring (bicyclic) bond motifs is 1. The predicted molar refractivity (Wildman–Crippen MR) is 73.7 cm³/mol. The molecule has 108 valence electrons. The quantitative estimate of drug-likeness (QED) is 0.822. The summed E-state index contributed by atoms with van der Waals surface area (Å²) >= 11 is 0. The number of hydrogen-bond donors (Lipinski definition) is 2. The van der Waals surface area contributed by atoms with Crippen molar-refractivity contribution in [1.82, 2.24) is 5.32 Å². The molecule has 0 saturated heterocycles. The van der Waals surface area contributed by atoms with Gasteiger partial charge in [0.25, 0.3) is 5.91 Å². The van der Waals surface area contributed by atoms with Crippen LogP contribution in [0, 0.1) is 0 Å². The number of hydrogen-bond acceptors (Lipinski definition) is 4. The lowest BCUT2D eigenvalue weighted by Gasteiger charge is -2.22. The minimum atomic E-state index is -0.794. The molecule has 0 fully saturated rings. The fourth-order valence-corrected chi connectivity index (χ4v) is 1.72. The van der Waals surface area contributed by atoms with Gasteiger partial charge in [-0.25, -0.2) is 4.79 Å². The maximum Gasteiger partial charge on any atom is 0.408 e. The Hall–Kier alpha value is -2.24. The molecule has 0 bridgehead atoms. The highest BCUT2D eigenvalue weighted by Crippen LogP contribution is 2.26. The van der Waals surface area contributed by atoms with Crippen molar-refractivity contribution in [2.45, 2.75) is 32.4 Å². The lowest BCUT2D eigenvalue weighted by molar-refractivity contribution is -0.118. The Balaban J connectivity index is 2.02. The molecule has 0 aliphatic carbocycles. The smallest absolute Gasteiger partial charge is 0.408 e. The third kappa shape index (κ3) is 3.63. The molecule has 1 atom stereocenters. The zero-order valence-corrected chi connectivity index (χ0v) is 11.7. The molecule has 1 heterocycles. The largest absolute Gasteiger partial charge is 0.489 e. The first-order valence-corrected chi connectivity index (χ1v) is 6.37. The van der Waals surface area contributed by atoms with Gasteiger partial charge in [0.1, 0.15) is 24.0 Å². The molecule has 0 unspecified atom stereocenters. The SMILES string of the molecule is CC(C)(C)OC(=O)N[C@@H]1COc2ccccc2NC1=O. The monoisotopic (exact) mass is 278 g/mol. The van der Waals surface area contributed by atoms with Crippen LogP contribution < -0.4 is 15.4 Å². The Kier molecular flexibility index (Phi) is 3.83. The van der Waals surface area contributed by atoms with Gasteiger partial charge in [-0.15, -0.1) is 0 Å². The molecular weight excluding hydrogens is 260 g/mol. The van der Waals surface area contributed by atoms with Gasteiger partial charge in [0.05, 0.1) is 5.69 Å². The number of alkyl carbamates (subject to hydrolysis) is 1. The number of carbonyl (C=O) groups excluding carboxylic acids is 2. The van der Waals surface area contributed by atoms with Crippen molar-refractivity contribution in [3.63, 3.8) is 0 Å². The van der Waals surface area contributed by atoms with Crippen LogP contribution in [0.25, 0.3) is 0 Å². The highest BCUT2D eigenvalue weighted by atomic mass is 16.6. The molecule has 0 radical (unpaired) electrons. The summed E-state index contributed by atoms with van der Waals surface area (Å²) in [4.78, 5) is 23.7. The van der Waals surface area contributed by atoms with E-state index in [2.05, 4.69) is 10.6 Å². The number of nitrogens with one attached hydrogen (secondary N) is 2. The fourth-order valence-electron chi connectivity index (χ4n) is 1.72. The summed E-state index contributed by atoms with van der Waals surface area (Å²) in [5.41, 5.74) is -0.0271. The van der Waals surface area contributed by atoms with Crippen LogP contribution in [0.1, 0.15) is 20.8 Å². The molecule has 1 aromatic rings. The van der Waals surface area contributed by atoms with Crippen LogP contribution in [0.2, 0.25) is 0 Å². The van der Waals surface area contributed by atoms with Gasteiger partial charge in [0, 0.05) is 0 Å². The summed E-state index contributed by atoms with van der Waals surface area (Å²) in [7, 11) is 0. The first-order chi connectivity index (χ1) is 9.35. The van der Waals surface area contributed by atoms with Crippen LogP contribution in [0.5, 0.6) is 5.75 Å². The van der Waals surface area contributed by atoms with Gasteiger partial charge in [-0.1, -0.05) is 12.1 Å². The van der Waals surface area contributed by atoms with Crippen LogP contribution in [0.4, 0.5) is 10.5 Å². The minimum absolute atomic E-state index is 0.0576. The van der Waals surface area contributed by atoms with Crippen LogP contribution in [0.15, 0.2) is 24.3 Å². The number of anilines is 1. The summed E-state index contributed by atoms with van der Waals surface area (Å²) in [6, 6.07) is 6.31. The number of para-hydroxylation sites is 2. The first kappa shape index (κ1) is 14.2. The number of carbonyl (C=O) groups is 2. The van der Waals surface area contributed by atoms with E-state index in [1.54, 1.807) is 39.0 Å². The van der Waals surface area contributed by atoms with Gasteiger partial charge in [-0.2, -0.15) is 0 Å². The van der Waals surface area contributed by atoms with E-state index in [1.165, 1.54) is 0 Å². The maximum atomic E-state index is 12.0. The van der Waals surface area contributed by atoms with Crippen molar-refractivity contribution >= 4 is 17.7 Å². The second kappa shape index (κ2) is 5.40. The summed E-state index contributed by atoms with van der Waals surface area (Å²) in [5, 5.41) is 5.21. The van der Waals surface area contributed by atoms with Crippen molar-refractivity contribution in [2.75, 3.05) is 11.9 Å². The Morgan fingerprint density at radius 1 is 1.40 bits per heavy atom. The molecule has 1 aromatic carbocycles. The summed E-state index contributed by atoms with van der Waals surface area (Å²) in [6.07, 6.45) is -0.646. The van der Waals surface area contributed by atoms with E-state index in [4.69, 9.17) is 9.47 Å². The van der Waals surface area contributed by atoms with E-state index in [-0.39, 0.29) is 12.5 Å². The third-order valence-corrected chi connectivity index (χ3v) is 2.56. The molecule has 1 aliphatic heterocycles. The number of rotatable bonds is 1. The second-order valence-corrected chi connectivity index (χ2v) is 5.50. The summed E-state index contributed by atoms with van der Waals surface area (Å²) in [6.45, 7) is 5.33. The van der Waals surface area contributed by atoms with E-state index in [0.29, 0.717) is 11.4 Å². The summed E-state index contributed by atoms with van der Waals surface area (Å²) < 4.78 is 10.6. The highest BCUT2D eigenvalue weighted by Gasteiger charge is 2.28. The topological polar surface area (TPSA) is 76.7 Å². The van der Waals surface area contributed by atoms with Crippen LogP contribution >= 0.6 is 0 Å². The second-order valence-electron chi connectivity index (χ2n) is 5.50. The van der Waals surface area contributed by atoms with Crippen molar-refractivity contribution < 1.29 is 19.1 Å². The fraction of sp³-hybridized carbons (Fsp3) is 0.429. The lowest BCUT2D eigenvalue weighted by Crippen LogP contribution is -2.48. The van der Waals surface area contributed by atoms with E-state index < -0.39 is 17.7 Å². The Labute approximate surface area is 117 Å². The van der Waals surface area contributed by atoms with Crippen LogP contribution in [-0.2, 0) is 9.53 Å². The van der Waals surface area contributed by atoms with E-state index in [1.807, 2.05) is 6.07 Å². The van der Waals surface area contributed by atoms with Gasteiger partial charge in [-0.3, -0.25) is 4.79 Å². The summed E-state index contributed by atoms with van der Waals surface area (Å²) in [5.74, 6) is 0.246. The molecule has 2 amide bonds. The van der Waals surface area contributed by atoms with E-state index in [0.717, 1.165) is 0 Å². The normalized spacial score (nSPS) is 18.1. The van der Waals surface area contributed by atoms with Crippen molar-refractivity contribution in [1.29, 1.82) is 0 Å². The van der Waals surface area contributed by atoms with E-state index >= 15 is 0 Å². The molecule has 2 N–H and O–H groups in total. The molecule has 0 saturated carbocycles. The van der Waals surface area contributed by atoms with Gasteiger partial charge in [-0.05, 0) is 32.9 Å². The number of benzene rings is 1.